The lowest BCUT2D eigenvalue weighted by Gasteiger charge is -2.28. The first kappa shape index (κ1) is 14.4. The molecule has 2 N–H and O–H groups in total. The third-order valence-corrected chi connectivity index (χ3v) is 2.49. The number of carbonyl (C=O) groups excluding carboxylic acids is 1. The molecular formula is C11H24N2O2. The topological polar surface area (TPSA) is 50.4 Å². The van der Waals surface area contributed by atoms with Gasteiger partial charge in [0.1, 0.15) is 0 Å². The van der Waals surface area contributed by atoms with Crippen LogP contribution in [0.25, 0.3) is 0 Å². The summed E-state index contributed by atoms with van der Waals surface area (Å²) in [5, 5.41) is 6.08. The van der Waals surface area contributed by atoms with E-state index in [1.807, 2.05) is 6.92 Å². The van der Waals surface area contributed by atoms with Crippen molar-refractivity contribution in [1.29, 1.82) is 0 Å². The molecule has 0 aromatic carbocycles. The molecule has 0 aromatic heterocycles. The van der Waals surface area contributed by atoms with Crippen molar-refractivity contribution in [2.24, 2.45) is 0 Å². The van der Waals surface area contributed by atoms with Gasteiger partial charge in [0.15, 0.2) is 0 Å². The van der Waals surface area contributed by atoms with Gasteiger partial charge in [-0.1, -0.05) is 6.92 Å². The zero-order valence-corrected chi connectivity index (χ0v) is 10.5. The standard InChI is InChI=1S/C11H24N2O2/c1-6-11(3,4)13-9(2)10(14)12-7-8-15-5/h9,13H,6-8H2,1-5H3,(H,12,14). The van der Waals surface area contributed by atoms with Gasteiger partial charge in [-0.3, -0.25) is 4.79 Å². The Hall–Kier alpha value is -0.610. The summed E-state index contributed by atoms with van der Waals surface area (Å²) < 4.78 is 4.86. The molecule has 4 heteroatoms. The van der Waals surface area contributed by atoms with Crippen molar-refractivity contribution in [3.05, 3.63) is 0 Å². The molecule has 0 aromatic rings. The van der Waals surface area contributed by atoms with Crippen molar-refractivity contribution in [3.8, 4) is 0 Å². The van der Waals surface area contributed by atoms with Gasteiger partial charge in [0.25, 0.3) is 0 Å². The normalized spacial score (nSPS) is 13.7. The molecule has 0 saturated carbocycles. The molecule has 0 aliphatic heterocycles. The fourth-order valence-corrected chi connectivity index (χ4v) is 1.18. The van der Waals surface area contributed by atoms with E-state index in [0.717, 1.165) is 6.42 Å². The molecule has 0 radical (unpaired) electrons. The van der Waals surface area contributed by atoms with Gasteiger partial charge in [-0.2, -0.15) is 0 Å². The molecule has 4 nitrogen and oxygen atoms in total. The van der Waals surface area contributed by atoms with Gasteiger partial charge in [-0.15, -0.1) is 0 Å². The monoisotopic (exact) mass is 216 g/mol. The van der Waals surface area contributed by atoms with E-state index in [-0.39, 0.29) is 17.5 Å². The van der Waals surface area contributed by atoms with Crippen molar-refractivity contribution >= 4 is 5.91 Å². The maximum atomic E-state index is 11.6. The number of hydrogen-bond donors (Lipinski definition) is 2. The van der Waals surface area contributed by atoms with E-state index < -0.39 is 0 Å². The van der Waals surface area contributed by atoms with Crippen LogP contribution in [0.1, 0.15) is 34.1 Å². The highest BCUT2D eigenvalue weighted by Gasteiger charge is 2.21. The Morgan fingerprint density at radius 1 is 1.47 bits per heavy atom. The van der Waals surface area contributed by atoms with E-state index in [9.17, 15) is 4.79 Å². The van der Waals surface area contributed by atoms with Gasteiger partial charge in [-0.25, -0.2) is 0 Å². The summed E-state index contributed by atoms with van der Waals surface area (Å²) in [6.07, 6.45) is 0.989. The Morgan fingerprint density at radius 2 is 2.07 bits per heavy atom. The molecule has 0 heterocycles. The summed E-state index contributed by atoms with van der Waals surface area (Å²) in [4.78, 5) is 11.6. The SMILES string of the molecule is CCC(C)(C)NC(C)C(=O)NCCOC. The highest BCUT2D eigenvalue weighted by atomic mass is 16.5. The van der Waals surface area contributed by atoms with E-state index in [4.69, 9.17) is 4.74 Å². The molecule has 0 aliphatic rings. The molecule has 15 heavy (non-hydrogen) atoms. The molecule has 90 valence electrons. The van der Waals surface area contributed by atoms with Crippen molar-refractivity contribution in [2.75, 3.05) is 20.3 Å². The molecule has 0 bridgehead atoms. The van der Waals surface area contributed by atoms with Crippen LogP contribution >= 0.6 is 0 Å². The first-order chi connectivity index (χ1) is 6.93. The van der Waals surface area contributed by atoms with Crippen LogP contribution in [0.15, 0.2) is 0 Å². The fraction of sp³-hybridized carbons (Fsp3) is 0.909. The van der Waals surface area contributed by atoms with Crippen LogP contribution in [-0.2, 0) is 9.53 Å². The average Bonchev–Trinajstić information content (AvgIpc) is 2.17. The summed E-state index contributed by atoms with van der Waals surface area (Å²) >= 11 is 0. The minimum absolute atomic E-state index is 0.00197. The van der Waals surface area contributed by atoms with Gasteiger partial charge >= 0.3 is 0 Å². The van der Waals surface area contributed by atoms with Crippen LogP contribution in [0.3, 0.4) is 0 Å². The van der Waals surface area contributed by atoms with E-state index in [1.165, 1.54) is 0 Å². The van der Waals surface area contributed by atoms with Crippen molar-refractivity contribution in [2.45, 2.75) is 45.7 Å². The van der Waals surface area contributed by atoms with Gasteiger partial charge < -0.3 is 15.4 Å². The number of amides is 1. The lowest BCUT2D eigenvalue weighted by molar-refractivity contribution is -0.123. The quantitative estimate of drug-likeness (QED) is 0.622. The van der Waals surface area contributed by atoms with Gasteiger partial charge in [0, 0.05) is 19.2 Å². The number of methoxy groups -OCH3 is 1. The number of rotatable bonds is 7. The number of hydrogen-bond acceptors (Lipinski definition) is 3. The highest BCUT2D eigenvalue weighted by molar-refractivity contribution is 5.81. The average molecular weight is 216 g/mol. The first-order valence-corrected chi connectivity index (χ1v) is 5.47. The fourth-order valence-electron chi connectivity index (χ4n) is 1.18. The van der Waals surface area contributed by atoms with E-state index in [0.29, 0.717) is 13.2 Å². The lowest BCUT2D eigenvalue weighted by Crippen LogP contribution is -2.51. The Kier molecular flexibility index (Phi) is 6.52. The maximum Gasteiger partial charge on any atom is 0.236 e. The lowest BCUT2D eigenvalue weighted by atomic mass is 10.0. The molecule has 0 rings (SSSR count). The van der Waals surface area contributed by atoms with Crippen LogP contribution in [0.4, 0.5) is 0 Å². The van der Waals surface area contributed by atoms with Gasteiger partial charge in [-0.05, 0) is 27.2 Å². The molecule has 1 atom stereocenters. The summed E-state index contributed by atoms with van der Waals surface area (Å²) in [7, 11) is 1.62. The minimum Gasteiger partial charge on any atom is -0.383 e. The molecular weight excluding hydrogens is 192 g/mol. The largest absolute Gasteiger partial charge is 0.383 e. The molecule has 0 fully saturated rings. The Bertz CT molecular complexity index is 193. The minimum atomic E-state index is -0.170. The second kappa shape index (κ2) is 6.80. The third-order valence-electron chi connectivity index (χ3n) is 2.49. The van der Waals surface area contributed by atoms with Gasteiger partial charge in [0.2, 0.25) is 5.91 Å². The van der Waals surface area contributed by atoms with Gasteiger partial charge in [0.05, 0.1) is 12.6 Å². The summed E-state index contributed by atoms with van der Waals surface area (Å²) in [5.74, 6) is 0.0218. The van der Waals surface area contributed by atoms with Crippen molar-refractivity contribution < 1.29 is 9.53 Å². The number of ether oxygens (including phenoxy) is 1. The molecule has 0 aliphatic carbocycles. The van der Waals surface area contributed by atoms with Crippen LogP contribution in [-0.4, -0.2) is 37.7 Å². The molecule has 0 spiro atoms. The Balaban J connectivity index is 3.88. The summed E-state index contributed by atoms with van der Waals surface area (Å²) in [6.45, 7) is 9.27. The summed E-state index contributed by atoms with van der Waals surface area (Å²) in [6, 6.07) is -0.170. The molecule has 1 unspecified atom stereocenters. The van der Waals surface area contributed by atoms with Crippen LogP contribution < -0.4 is 10.6 Å². The van der Waals surface area contributed by atoms with E-state index >= 15 is 0 Å². The number of carbonyl (C=O) groups is 1. The van der Waals surface area contributed by atoms with Crippen molar-refractivity contribution in [3.63, 3.8) is 0 Å². The zero-order chi connectivity index (χ0) is 11.9. The second-order valence-electron chi connectivity index (χ2n) is 4.39. The first-order valence-electron chi connectivity index (χ1n) is 5.47. The number of nitrogens with one attached hydrogen (secondary N) is 2. The summed E-state index contributed by atoms with van der Waals surface area (Å²) in [5.41, 5.74) is -0.00197. The van der Waals surface area contributed by atoms with Crippen LogP contribution in [0.5, 0.6) is 0 Å². The Labute approximate surface area is 92.8 Å². The highest BCUT2D eigenvalue weighted by Crippen LogP contribution is 2.07. The smallest absolute Gasteiger partial charge is 0.236 e. The van der Waals surface area contributed by atoms with Crippen LogP contribution in [0, 0.1) is 0 Å². The van der Waals surface area contributed by atoms with Crippen molar-refractivity contribution in [1.82, 2.24) is 10.6 Å². The zero-order valence-electron chi connectivity index (χ0n) is 10.5. The van der Waals surface area contributed by atoms with E-state index in [2.05, 4.69) is 31.4 Å². The molecule has 1 amide bonds. The predicted octanol–water partition coefficient (Wildman–Crippen LogP) is 0.916. The third kappa shape index (κ3) is 6.47. The predicted molar refractivity (Wildman–Crippen MR) is 61.9 cm³/mol. The van der Waals surface area contributed by atoms with Crippen LogP contribution in [0.2, 0.25) is 0 Å². The van der Waals surface area contributed by atoms with E-state index in [1.54, 1.807) is 7.11 Å². The maximum absolute atomic E-state index is 11.6. The Morgan fingerprint density at radius 3 is 2.53 bits per heavy atom. The molecule has 0 saturated heterocycles. The second-order valence-corrected chi connectivity index (χ2v) is 4.39.